The highest BCUT2D eigenvalue weighted by atomic mass is 127. The van der Waals surface area contributed by atoms with Gasteiger partial charge in [0.2, 0.25) is 12.1 Å². The van der Waals surface area contributed by atoms with Crippen molar-refractivity contribution in [2.45, 2.75) is 54.2 Å². The van der Waals surface area contributed by atoms with Gasteiger partial charge < -0.3 is 9.47 Å². The Morgan fingerprint density at radius 3 is 2.90 bits per heavy atom. The Morgan fingerprint density at radius 1 is 1.30 bits per heavy atom. The molecule has 6 atom stereocenters. The molecule has 0 radical (unpaired) electrons. The van der Waals surface area contributed by atoms with Crippen molar-refractivity contribution >= 4 is 28.6 Å². The van der Waals surface area contributed by atoms with E-state index in [1.54, 1.807) is 0 Å². The number of carbonyl (C=O) groups is 1. The highest BCUT2D eigenvalue weighted by Crippen LogP contribution is 2.59. The number of halogens is 1. The lowest BCUT2D eigenvalue weighted by molar-refractivity contribution is -0.552. The molecule has 2 bridgehead atoms. The van der Waals surface area contributed by atoms with Gasteiger partial charge in [-0.15, -0.1) is 0 Å². The minimum atomic E-state index is -0.826. The van der Waals surface area contributed by atoms with Gasteiger partial charge in [0.1, 0.15) is 0 Å². The van der Waals surface area contributed by atoms with Gasteiger partial charge in [-0.05, 0) is 26.2 Å². The molecule has 1 aliphatic carbocycles. The van der Waals surface area contributed by atoms with E-state index in [4.69, 9.17) is 19.2 Å². The molecule has 4 heterocycles. The van der Waals surface area contributed by atoms with Crippen molar-refractivity contribution in [3.63, 3.8) is 0 Å². The molecule has 4 aliphatic heterocycles. The predicted octanol–water partition coefficient (Wildman–Crippen LogP) is 2.48. The Labute approximate surface area is 131 Å². The van der Waals surface area contributed by atoms with E-state index in [2.05, 4.69) is 29.2 Å². The van der Waals surface area contributed by atoms with Crippen LogP contribution in [-0.2, 0) is 24.0 Å². The number of alkyl halides is 1. The molecule has 5 rings (SSSR count). The van der Waals surface area contributed by atoms with E-state index in [1.807, 2.05) is 6.92 Å². The van der Waals surface area contributed by atoms with Gasteiger partial charge in [-0.3, -0.25) is 0 Å². The molecule has 4 saturated heterocycles. The van der Waals surface area contributed by atoms with Gasteiger partial charge in [0.25, 0.3) is 0 Å². The van der Waals surface area contributed by atoms with Crippen molar-refractivity contribution < 1.29 is 24.0 Å². The third-order valence-corrected chi connectivity index (χ3v) is 6.68. The number of hydrogen-bond donors (Lipinski definition) is 0. The van der Waals surface area contributed by atoms with Crippen LogP contribution in [0.2, 0.25) is 0 Å². The summed E-state index contributed by atoms with van der Waals surface area (Å²) in [4.78, 5) is 23.5. The smallest absolute Gasteiger partial charge is 0.336 e. The van der Waals surface area contributed by atoms with Crippen LogP contribution in [0, 0.1) is 11.8 Å². The fraction of sp³-hybridized carbons (Fsp3) is 0.786. The van der Waals surface area contributed by atoms with Crippen LogP contribution in [0.1, 0.15) is 32.6 Å². The Hall–Kier alpha value is -0.180. The van der Waals surface area contributed by atoms with Crippen molar-refractivity contribution in [2.75, 3.05) is 0 Å². The van der Waals surface area contributed by atoms with Crippen LogP contribution in [-0.4, -0.2) is 27.6 Å². The average Bonchev–Trinajstić information content (AvgIpc) is 2.63. The Kier molecular flexibility index (Phi) is 2.82. The van der Waals surface area contributed by atoms with Gasteiger partial charge in [-0.25, -0.2) is 14.6 Å². The number of carbonyl (C=O) groups excluding carboxylic acids is 1. The fourth-order valence-corrected chi connectivity index (χ4v) is 5.37. The molecule has 0 amide bonds. The molecular weight excluding hydrogens is 375 g/mol. The van der Waals surface area contributed by atoms with Crippen LogP contribution in [0.25, 0.3) is 0 Å². The monoisotopic (exact) mass is 392 g/mol. The molecule has 5 fully saturated rings. The van der Waals surface area contributed by atoms with Crippen LogP contribution in [0.4, 0.5) is 0 Å². The van der Waals surface area contributed by atoms with Crippen molar-refractivity contribution in [1.29, 1.82) is 0 Å². The molecule has 0 aromatic carbocycles. The Balaban J connectivity index is 1.86. The number of esters is 1. The fourth-order valence-electron chi connectivity index (χ4n) is 4.09. The third-order valence-electron chi connectivity index (χ3n) is 5.19. The topological polar surface area (TPSA) is 54.0 Å². The molecule has 1 spiro atoms. The molecule has 1 saturated carbocycles. The average molecular weight is 392 g/mol. The maximum Gasteiger partial charge on any atom is 0.336 e. The van der Waals surface area contributed by atoms with Gasteiger partial charge in [0.05, 0.1) is 0 Å². The van der Waals surface area contributed by atoms with Crippen molar-refractivity contribution in [1.82, 2.24) is 0 Å². The van der Waals surface area contributed by atoms with Crippen LogP contribution < -0.4 is 0 Å². The summed E-state index contributed by atoms with van der Waals surface area (Å²) in [5, 5.41) is 0. The lowest BCUT2D eigenvalue weighted by Gasteiger charge is -2.56. The highest BCUT2D eigenvalue weighted by molar-refractivity contribution is 14.1. The second-order valence-corrected chi connectivity index (χ2v) is 7.93. The van der Waals surface area contributed by atoms with E-state index in [-0.39, 0.29) is 17.8 Å². The summed E-state index contributed by atoms with van der Waals surface area (Å²) in [5.74, 6) is -1.02. The van der Waals surface area contributed by atoms with E-state index in [0.29, 0.717) is 9.50 Å². The molecule has 5 aliphatic rings. The van der Waals surface area contributed by atoms with Gasteiger partial charge in [0.15, 0.2) is 5.60 Å². The molecule has 0 aromatic heterocycles. The van der Waals surface area contributed by atoms with Crippen molar-refractivity contribution in [2.24, 2.45) is 11.8 Å². The normalized spacial score (nSPS) is 54.1. The largest absolute Gasteiger partial charge is 0.429 e. The first-order valence-corrected chi connectivity index (χ1v) is 8.29. The van der Waals surface area contributed by atoms with Crippen LogP contribution >= 0.6 is 22.6 Å². The van der Waals surface area contributed by atoms with E-state index in [9.17, 15) is 4.79 Å². The van der Waals surface area contributed by atoms with Crippen molar-refractivity contribution in [3.8, 4) is 0 Å². The summed E-state index contributed by atoms with van der Waals surface area (Å²) in [5.41, 5.74) is -0.224. The minimum absolute atomic E-state index is 0.0765. The molecule has 110 valence electrons. The zero-order valence-corrected chi connectivity index (χ0v) is 13.4. The number of fused-ring (bicyclic) bond motifs is 2. The van der Waals surface area contributed by atoms with Crippen LogP contribution in [0.5, 0.6) is 0 Å². The van der Waals surface area contributed by atoms with Gasteiger partial charge in [0, 0.05) is 27.8 Å². The molecular formula is C14H17IO5. The maximum atomic E-state index is 12.0. The quantitative estimate of drug-likeness (QED) is 0.209. The molecule has 5 nitrogen and oxygen atoms in total. The second kappa shape index (κ2) is 4.18. The van der Waals surface area contributed by atoms with E-state index >= 15 is 0 Å². The highest BCUT2D eigenvalue weighted by Gasteiger charge is 2.69. The lowest BCUT2D eigenvalue weighted by atomic mass is 9.63. The van der Waals surface area contributed by atoms with E-state index < -0.39 is 17.7 Å². The van der Waals surface area contributed by atoms with E-state index in [0.717, 1.165) is 25.7 Å². The summed E-state index contributed by atoms with van der Waals surface area (Å²) in [7, 11) is 0. The first-order chi connectivity index (χ1) is 9.46. The van der Waals surface area contributed by atoms with Gasteiger partial charge >= 0.3 is 5.97 Å². The SMILES string of the molecule is C=C1C(=O)OC2OC3(C)CC[C@H]4C(I)CCC1C24OO3. The van der Waals surface area contributed by atoms with Gasteiger partial charge in [-0.2, -0.15) is 0 Å². The van der Waals surface area contributed by atoms with Crippen LogP contribution in [0.3, 0.4) is 0 Å². The molecule has 20 heavy (non-hydrogen) atoms. The number of hydrogen-bond acceptors (Lipinski definition) is 5. The summed E-state index contributed by atoms with van der Waals surface area (Å²) in [6, 6.07) is 0. The lowest BCUT2D eigenvalue weighted by Crippen LogP contribution is -2.68. The molecule has 5 unspecified atom stereocenters. The Morgan fingerprint density at radius 2 is 2.10 bits per heavy atom. The number of ether oxygens (including phenoxy) is 2. The summed E-state index contributed by atoms with van der Waals surface area (Å²) in [6.07, 6.45) is 2.91. The summed E-state index contributed by atoms with van der Waals surface area (Å²) in [6.45, 7) is 5.76. The van der Waals surface area contributed by atoms with Crippen molar-refractivity contribution in [3.05, 3.63) is 12.2 Å². The third kappa shape index (κ3) is 1.56. The number of rotatable bonds is 0. The zero-order valence-electron chi connectivity index (χ0n) is 11.3. The van der Waals surface area contributed by atoms with E-state index in [1.165, 1.54) is 0 Å². The molecule has 6 heteroatoms. The predicted molar refractivity (Wildman–Crippen MR) is 76.7 cm³/mol. The summed E-state index contributed by atoms with van der Waals surface area (Å²) < 4.78 is 11.9. The first-order valence-electron chi connectivity index (χ1n) is 7.05. The second-order valence-electron chi connectivity index (χ2n) is 6.33. The molecule has 0 aromatic rings. The maximum absolute atomic E-state index is 12.0. The summed E-state index contributed by atoms with van der Waals surface area (Å²) >= 11 is 2.48. The first kappa shape index (κ1) is 13.5. The zero-order chi connectivity index (χ0) is 14.1. The Bertz CT molecular complexity index is 494. The molecule has 0 N–H and O–H groups in total. The standard InChI is InChI=1S/C14H17IO5/c1-7-8-3-4-10(15)9-5-6-13(2)18-12(17-11(7)16)14(8,9)20-19-13/h8-10,12H,1,3-6H2,2H3/t8?,9-,10?,12?,13?,14?/m0/s1. The van der Waals surface area contributed by atoms with Crippen LogP contribution in [0.15, 0.2) is 12.2 Å². The minimum Gasteiger partial charge on any atom is -0.429 e. The van der Waals surface area contributed by atoms with Gasteiger partial charge in [-0.1, -0.05) is 29.2 Å².